The molecule has 1 saturated heterocycles. The number of hydrogen-bond donors (Lipinski definition) is 0. The number of carbonyl (C=O) groups is 1. The average molecular weight is 197 g/mol. The Hall–Kier alpha value is -0.570. The van der Waals surface area contributed by atoms with E-state index in [9.17, 15) is 4.79 Å². The molecule has 0 aromatic heterocycles. The fraction of sp³-hybridized carbons (Fsp3) is 0.909. The van der Waals surface area contributed by atoms with Crippen molar-refractivity contribution in [1.29, 1.82) is 0 Å². The number of esters is 1. The molecule has 0 N–H and O–H groups in total. The van der Waals surface area contributed by atoms with Gasteiger partial charge in [-0.1, -0.05) is 12.8 Å². The van der Waals surface area contributed by atoms with E-state index in [1.807, 2.05) is 0 Å². The van der Waals surface area contributed by atoms with E-state index in [0.29, 0.717) is 0 Å². The Labute approximate surface area is 85.4 Å². The van der Waals surface area contributed by atoms with Crippen molar-refractivity contribution in [3.63, 3.8) is 0 Å². The summed E-state index contributed by atoms with van der Waals surface area (Å²) >= 11 is 0. The van der Waals surface area contributed by atoms with Gasteiger partial charge >= 0.3 is 5.97 Å². The van der Waals surface area contributed by atoms with E-state index in [1.54, 1.807) is 0 Å². The molecule has 1 saturated carbocycles. The van der Waals surface area contributed by atoms with E-state index >= 15 is 0 Å². The van der Waals surface area contributed by atoms with Gasteiger partial charge in [-0.25, -0.2) is 0 Å². The summed E-state index contributed by atoms with van der Waals surface area (Å²) in [6.07, 6.45) is 5.16. The van der Waals surface area contributed by atoms with E-state index in [-0.39, 0.29) is 11.9 Å². The Bertz CT molecular complexity index is 213. The van der Waals surface area contributed by atoms with Gasteiger partial charge in [0.25, 0.3) is 0 Å². The van der Waals surface area contributed by atoms with E-state index in [2.05, 4.69) is 4.90 Å². The van der Waals surface area contributed by atoms with Crippen LogP contribution in [0, 0.1) is 11.8 Å². The van der Waals surface area contributed by atoms with Crippen molar-refractivity contribution in [2.24, 2.45) is 11.8 Å². The number of nitrogens with zero attached hydrogens (tertiary/aromatic N) is 1. The van der Waals surface area contributed by atoms with Crippen molar-refractivity contribution in [1.82, 2.24) is 4.90 Å². The predicted octanol–water partition coefficient (Wildman–Crippen LogP) is 1.28. The number of hydrogen-bond acceptors (Lipinski definition) is 3. The standard InChI is InChI=1S/C11H19NO2/c1-14-11(13)10-5-7-12(8-10)6-4-9-2-3-9/h9-10H,2-8H2,1H3. The summed E-state index contributed by atoms with van der Waals surface area (Å²) in [4.78, 5) is 13.7. The van der Waals surface area contributed by atoms with Crippen LogP contribution in [0.3, 0.4) is 0 Å². The Morgan fingerprint density at radius 2 is 2.21 bits per heavy atom. The third kappa shape index (κ3) is 2.47. The zero-order valence-corrected chi connectivity index (χ0v) is 8.87. The molecule has 0 aromatic rings. The molecular formula is C11H19NO2. The fourth-order valence-corrected chi connectivity index (χ4v) is 2.17. The second kappa shape index (κ2) is 4.30. The van der Waals surface area contributed by atoms with Gasteiger partial charge in [0.1, 0.15) is 0 Å². The van der Waals surface area contributed by atoms with Crippen LogP contribution in [0.1, 0.15) is 25.7 Å². The van der Waals surface area contributed by atoms with Gasteiger partial charge in [0, 0.05) is 6.54 Å². The molecule has 1 heterocycles. The SMILES string of the molecule is COC(=O)C1CCN(CCC2CC2)C1. The van der Waals surface area contributed by atoms with Crippen LogP contribution in [0.25, 0.3) is 0 Å². The number of likely N-dealkylation sites (tertiary alicyclic amines) is 1. The quantitative estimate of drug-likeness (QED) is 0.636. The first-order chi connectivity index (χ1) is 6.79. The summed E-state index contributed by atoms with van der Waals surface area (Å²) in [6, 6.07) is 0. The van der Waals surface area contributed by atoms with Gasteiger partial charge < -0.3 is 9.64 Å². The molecule has 3 nitrogen and oxygen atoms in total. The molecule has 0 aromatic carbocycles. The molecule has 3 heteroatoms. The van der Waals surface area contributed by atoms with Crippen LogP contribution in [0.15, 0.2) is 0 Å². The van der Waals surface area contributed by atoms with E-state index < -0.39 is 0 Å². The molecule has 2 rings (SSSR count). The molecule has 2 fully saturated rings. The highest BCUT2D eigenvalue weighted by Gasteiger charge is 2.30. The van der Waals surface area contributed by atoms with Crippen molar-refractivity contribution in [2.45, 2.75) is 25.7 Å². The highest BCUT2D eigenvalue weighted by Crippen LogP contribution is 2.33. The largest absolute Gasteiger partial charge is 0.469 e. The zero-order valence-electron chi connectivity index (χ0n) is 8.87. The highest BCUT2D eigenvalue weighted by atomic mass is 16.5. The minimum atomic E-state index is -0.0288. The van der Waals surface area contributed by atoms with Crippen LogP contribution in [-0.2, 0) is 9.53 Å². The number of rotatable bonds is 4. The molecule has 1 unspecified atom stereocenters. The Morgan fingerprint density at radius 3 is 2.86 bits per heavy atom. The van der Waals surface area contributed by atoms with E-state index in [0.717, 1.165) is 25.4 Å². The number of methoxy groups -OCH3 is 1. The first-order valence-corrected chi connectivity index (χ1v) is 5.60. The van der Waals surface area contributed by atoms with Gasteiger partial charge in [0.05, 0.1) is 13.0 Å². The maximum absolute atomic E-state index is 11.3. The highest BCUT2D eigenvalue weighted by molar-refractivity contribution is 5.72. The number of ether oxygens (including phenoxy) is 1. The maximum atomic E-state index is 11.3. The fourth-order valence-electron chi connectivity index (χ4n) is 2.17. The molecule has 0 spiro atoms. The van der Waals surface area contributed by atoms with Gasteiger partial charge in [-0.05, 0) is 31.8 Å². The Morgan fingerprint density at radius 1 is 1.43 bits per heavy atom. The Balaban J connectivity index is 1.67. The van der Waals surface area contributed by atoms with E-state index in [4.69, 9.17) is 4.74 Å². The summed E-state index contributed by atoms with van der Waals surface area (Å²) < 4.78 is 4.75. The molecule has 80 valence electrons. The summed E-state index contributed by atoms with van der Waals surface area (Å²) in [5.74, 6) is 1.10. The lowest BCUT2D eigenvalue weighted by molar-refractivity contribution is -0.144. The minimum absolute atomic E-state index is 0.0288. The first kappa shape index (κ1) is 9.97. The third-order valence-electron chi connectivity index (χ3n) is 3.36. The Kier molecular flexibility index (Phi) is 3.06. The van der Waals surface area contributed by atoms with Crippen molar-refractivity contribution < 1.29 is 9.53 Å². The summed E-state index contributed by atoms with van der Waals surface area (Å²) in [7, 11) is 1.48. The summed E-state index contributed by atoms with van der Waals surface area (Å²) in [5.41, 5.74) is 0. The summed E-state index contributed by atoms with van der Waals surface area (Å²) in [5, 5.41) is 0. The average Bonchev–Trinajstić information content (AvgIpc) is 2.92. The van der Waals surface area contributed by atoms with Gasteiger partial charge in [-0.15, -0.1) is 0 Å². The molecule has 1 aliphatic heterocycles. The van der Waals surface area contributed by atoms with Gasteiger partial charge in [0.15, 0.2) is 0 Å². The van der Waals surface area contributed by atoms with Gasteiger partial charge in [0.2, 0.25) is 0 Å². The van der Waals surface area contributed by atoms with Crippen LogP contribution < -0.4 is 0 Å². The van der Waals surface area contributed by atoms with E-state index in [1.165, 1.54) is 32.9 Å². The normalized spacial score (nSPS) is 27.9. The van der Waals surface area contributed by atoms with Gasteiger partial charge in [-0.2, -0.15) is 0 Å². The summed E-state index contributed by atoms with van der Waals surface area (Å²) in [6.45, 7) is 3.17. The lowest BCUT2D eigenvalue weighted by Crippen LogP contribution is -2.25. The minimum Gasteiger partial charge on any atom is -0.469 e. The lowest BCUT2D eigenvalue weighted by Gasteiger charge is -2.14. The van der Waals surface area contributed by atoms with Crippen LogP contribution >= 0.6 is 0 Å². The molecule has 0 amide bonds. The van der Waals surface area contributed by atoms with Crippen molar-refractivity contribution in [2.75, 3.05) is 26.7 Å². The molecule has 14 heavy (non-hydrogen) atoms. The molecular weight excluding hydrogens is 178 g/mol. The monoisotopic (exact) mass is 197 g/mol. The second-order valence-electron chi connectivity index (χ2n) is 4.54. The third-order valence-corrected chi connectivity index (χ3v) is 3.36. The van der Waals surface area contributed by atoms with Crippen molar-refractivity contribution in [3.8, 4) is 0 Å². The molecule has 0 bridgehead atoms. The molecule has 2 aliphatic rings. The van der Waals surface area contributed by atoms with Crippen LogP contribution in [-0.4, -0.2) is 37.6 Å². The smallest absolute Gasteiger partial charge is 0.310 e. The van der Waals surface area contributed by atoms with Gasteiger partial charge in [-0.3, -0.25) is 4.79 Å². The second-order valence-corrected chi connectivity index (χ2v) is 4.54. The van der Waals surface area contributed by atoms with Crippen LogP contribution in [0.4, 0.5) is 0 Å². The van der Waals surface area contributed by atoms with Crippen molar-refractivity contribution >= 4 is 5.97 Å². The maximum Gasteiger partial charge on any atom is 0.310 e. The van der Waals surface area contributed by atoms with Crippen LogP contribution in [0.2, 0.25) is 0 Å². The number of carbonyl (C=O) groups excluding carboxylic acids is 1. The first-order valence-electron chi connectivity index (χ1n) is 5.60. The van der Waals surface area contributed by atoms with Crippen molar-refractivity contribution in [3.05, 3.63) is 0 Å². The predicted molar refractivity (Wildman–Crippen MR) is 53.9 cm³/mol. The zero-order chi connectivity index (χ0) is 9.97. The lowest BCUT2D eigenvalue weighted by atomic mass is 10.1. The van der Waals surface area contributed by atoms with Crippen LogP contribution in [0.5, 0.6) is 0 Å². The molecule has 1 aliphatic carbocycles. The molecule has 1 atom stereocenters. The molecule has 0 radical (unpaired) electrons. The topological polar surface area (TPSA) is 29.5 Å².